The average molecular weight is 181 g/mol. The molecule has 13 heavy (non-hydrogen) atoms. The first-order valence-electron chi connectivity index (χ1n) is 4.78. The lowest BCUT2D eigenvalue weighted by atomic mass is 10.3. The number of ether oxygens (including phenoxy) is 1. The van der Waals surface area contributed by atoms with Crippen LogP contribution in [0.2, 0.25) is 0 Å². The minimum Gasteiger partial charge on any atom is -0.489 e. The molecule has 0 aliphatic heterocycles. The van der Waals surface area contributed by atoms with Gasteiger partial charge in [-0.05, 0) is 32.9 Å². The summed E-state index contributed by atoms with van der Waals surface area (Å²) < 4.78 is 5.48. The lowest BCUT2D eigenvalue weighted by molar-refractivity contribution is 0.239. The van der Waals surface area contributed by atoms with Gasteiger partial charge < -0.3 is 4.74 Å². The number of aromatic nitrogens is 1. The fourth-order valence-electron chi connectivity index (χ4n) is 0.848. The van der Waals surface area contributed by atoms with Gasteiger partial charge in [0.2, 0.25) is 0 Å². The first-order chi connectivity index (χ1) is 6.20. The van der Waals surface area contributed by atoms with E-state index >= 15 is 0 Å². The van der Waals surface area contributed by atoms with Crippen molar-refractivity contribution in [3.05, 3.63) is 24.0 Å². The van der Waals surface area contributed by atoms with Crippen LogP contribution in [0.4, 0.5) is 0 Å². The minimum atomic E-state index is 0.220. The third kappa shape index (κ3) is 4.51. The number of hydrogen-bond donors (Lipinski definition) is 0. The third-order valence-corrected chi connectivity index (χ3v) is 1.32. The average Bonchev–Trinajstić information content (AvgIpc) is 2.12. The zero-order chi connectivity index (χ0) is 10.3. The maximum atomic E-state index is 5.48. The van der Waals surface area contributed by atoms with Gasteiger partial charge in [-0.1, -0.05) is 13.8 Å². The molecule has 0 aliphatic rings. The van der Waals surface area contributed by atoms with Gasteiger partial charge >= 0.3 is 0 Å². The Morgan fingerprint density at radius 2 is 1.92 bits per heavy atom. The van der Waals surface area contributed by atoms with Crippen LogP contribution in [0.5, 0.6) is 5.75 Å². The summed E-state index contributed by atoms with van der Waals surface area (Å²) >= 11 is 0. The molecule has 1 heterocycles. The zero-order valence-electron chi connectivity index (χ0n) is 9.16. The summed E-state index contributed by atoms with van der Waals surface area (Å²) in [7, 11) is 0. The lowest BCUT2D eigenvalue weighted by Crippen LogP contribution is -2.06. The molecular weight excluding hydrogens is 162 g/mol. The smallest absolute Gasteiger partial charge is 0.140 e. The van der Waals surface area contributed by atoms with Crippen molar-refractivity contribution in [2.24, 2.45) is 0 Å². The van der Waals surface area contributed by atoms with Crippen molar-refractivity contribution in [2.45, 2.75) is 40.7 Å². The van der Waals surface area contributed by atoms with Crippen LogP contribution in [0.1, 0.15) is 33.4 Å². The second-order valence-corrected chi connectivity index (χ2v) is 2.75. The van der Waals surface area contributed by atoms with Crippen molar-refractivity contribution in [3.63, 3.8) is 0 Å². The highest BCUT2D eigenvalue weighted by molar-refractivity contribution is 5.25. The quantitative estimate of drug-likeness (QED) is 0.699. The van der Waals surface area contributed by atoms with E-state index in [1.807, 2.05) is 46.8 Å². The fourth-order valence-corrected chi connectivity index (χ4v) is 0.848. The first kappa shape index (κ1) is 11.9. The van der Waals surface area contributed by atoms with Gasteiger partial charge in [0.15, 0.2) is 0 Å². The van der Waals surface area contributed by atoms with Gasteiger partial charge in [-0.2, -0.15) is 0 Å². The predicted molar refractivity (Wildman–Crippen MR) is 56.1 cm³/mol. The topological polar surface area (TPSA) is 22.1 Å². The molecule has 1 aromatic rings. The largest absolute Gasteiger partial charge is 0.489 e. The third-order valence-electron chi connectivity index (χ3n) is 1.32. The van der Waals surface area contributed by atoms with Gasteiger partial charge in [0.05, 0.1) is 11.8 Å². The molecule has 0 spiro atoms. The summed E-state index contributed by atoms with van der Waals surface area (Å²) in [5, 5.41) is 0. The Kier molecular flexibility index (Phi) is 5.94. The van der Waals surface area contributed by atoms with Crippen LogP contribution in [0.15, 0.2) is 18.3 Å². The summed E-state index contributed by atoms with van der Waals surface area (Å²) in [5.74, 6) is 0.877. The first-order valence-corrected chi connectivity index (χ1v) is 4.78. The maximum Gasteiger partial charge on any atom is 0.140 e. The van der Waals surface area contributed by atoms with E-state index < -0.39 is 0 Å². The van der Waals surface area contributed by atoms with Crippen LogP contribution in [0.3, 0.4) is 0 Å². The molecule has 1 aromatic heterocycles. The maximum absolute atomic E-state index is 5.48. The minimum absolute atomic E-state index is 0.220. The summed E-state index contributed by atoms with van der Waals surface area (Å²) in [5.41, 5.74) is 0.946. The van der Waals surface area contributed by atoms with E-state index in [-0.39, 0.29) is 6.10 Å². The second kappa shape index (κ2) is 6.46. The van der Waals surface area contributed by atoms with E-state index in [0.717, 1.165) is 11.4 Å². The number of nitrogens with zero attached hydrogens (tertiary/aromatic N) is 1. The highest BCUT2D eigenvalue weighted by Gasteiger charge is 1.99. The van der Waals surface area contributed by atoms with Gasteiger partial charge in [-0.15, -0.1) is 0 Å². The normalized spacial score (nSPS) is 9.08. The molecule has 2 heteroatoms. The van der Waals surface area contributed by atoms with Gasteiger partial charge in [0.1, 0.15) is 5.75 Å². The zero-order valence-corrected chi connectivity index (χ0v) is 9.16. The Balaban J connectivity index is 0.000000671. The van der Waals surface area contributed by atoms with Crippen molar-refractivity contribution in [1.82, 2.24) is 4.98 Å². The van der Waals surface area contributed by atoms with E-state index in [2.05, 4.69) is 4.98 Å². The highest BCUT2D eigenvalue weighted by Crippen LogP contribution is 2.14. The molecule has 0 amide bonds. The summed E-state index contributed by atoms with van der Waals surface area (Å²) in [6.45, 7) is 9.95. The van der Waals surface area contributed by atoms with Crippen LogP contribution in [-0.4, -0.2) is 11.1 Å². The lowest BCUT2D eigenvalue weighted by Gasteiger charge is -2.10. The molecule has 74 valence electrons. The van der Waals surface area contributed by atoms with Gasteiger partial charge in [-0.25, -0.2) is 0 Å². The van der Waals surface area contributed by atoms with E-state index in [0.29, 0.717) is 0 Å². The fraction of sp³-hybridized carbons (Fsp3) is 0.545. The predicted octanol–water partition coefficient (Wildman–Crippen LogP) is 3.20. The van der Waals surface area contributed by atoms with Crippen LogP contribution >= 0.6 is 0 Å². The highest BCUT2D eigenvalue weighted by atomic mass is 16.5. The number of pyridine rings is 1. The molecule has 0 unspecified atom stereocenters. The molecule has 0 N–H and O–H groups in total. The van der Waals surface area contributed by atoms with E-state index in [4.69, 9.17) is 4.74 Å². The summed E-state index contributed by atoms with van der Waals surface area (Å²) in [6.07, 6.45) is 1.99. The molecule has 0 atom stereocenters. The Labute approximate surface area is 81.0 Å². The number of hydrogen-bond acceptors (Lipinski definition) is 2. The molecule has 0 radical (unpaired) electrons. The van der Waals surface area contributed by atoms with Crippen molar-refractivity contribution in [1.29, 1.82) is 0 Å². The van der Waals surface area contributed by atoms with Crippen molar-refractivity contribution >= 4 is 0 Å². The van der Waals surface area contributed by atoms with E-state index in [9.17, 15) is 0 Å². The molecule has 0 saturated heterocycles. The van der Waals surface area contributed by atoms with Crippen LogP contribution < -0.4 is 4.74 Å². The molecular formula is C11H19NO. The van der Waals surface area contributed by atoms with Gasteiger partial charge in [0, 0.05) is 6.20 Å². The van der Waals surface area contributed by atoms with Gasteiger partial charge in [0.25, 0.3) is 0 Å². The van der Waals surface area contributed by atoms with E-state index in [1.165, 1.54) is 0 Å². The van der Waals surface area contributed by atoms with Crippen molar-refractivity contribution in [3.8, 4) is 5.75 Å². The molecule has 0 saturated carbocycles. The van der Waals surface area contributed by atoms with E-state index in [1.54, 1.807) is 6.20 Å². The second-order valence-electron chi connectivity index (χ2n) is 2.75. The Morgan fingerprint density at radius 1 is 1.31 bits per heavy atom. The van der Waals surface area contributed by atoms with Crippen LogP contribution in [0, 0.1) is 6.92 Å². The Hall–Kier alpha value is -1.05. The molecule has 0 aromatic carbocycles. The molecule has 2 nitrogen and oxygen atoms in total. The molecule has 0 aliphatic carbocycles. The Bertz CT molecular complexity index is 233. The van der Waals surface area contributed by atoms with Crippen LogP contribution in [-0.2, 0) is 0 Å². The Morgan fingerprint density at radius 3 is 2.38 bits per heavy atom. The van der Waals surface area contributed by atoms with Gasteiger partial charge in [-0.3, -0.25) is 4.98 Å². The number of aryl methyl sites for hydroxylation is 1. The summed E-state index contributed by atoms with van der Waals surface area (Å²) in [6, 6.07) is 3.81. The van der Waals surface area contributed by atoms with Crippen molar-refractivity contribution < 1.29 is 4.74 Å². The summed E-state index contributed by atoms with van der Waals surface area (Å²) in [4.78, 5) is 4.11. The number of rotatable bonds is 2. The molecule has 0 fully saturated rings. The van der Waals surface area contributed by atoms with Crippen molar-refractivity contribution in [2.75, 3.05) is 0 Å². The molecule has 0 bridgehead atoms. The van der Waals surface area contributed by atoms with Crippen LogP contribution in [0.25, 0.3) is 0 Å². The SMILES string of the molecule is CC.Cc1ncccc1OC(C)C. The standard InChI is InChI=1S/C9H13NO.C2H6/c1-7(2)11-9-5-4-6-10-8(9)3;1-2/h4-7H,1-3H3;1-2H3. The monoisotopic (exact) mass is 181 g/mol. The molecule has 1 rings (SSSR count).